The molecule has 6 nitrogen and oxygen atoms in total. The maximum absolute atomic E-state index is 13.4. The maximum Gasteiger partial charge on any atom is 0.258 e. The van der Waals surface area contributed by atoms with Crippen LogP contribution in [0.25, 0.3) is 16.7 Å². The van der Waals surface area contributed by atoms with Crippen molar-refractivity contribution in [3.05, 3.63) is 123 Å². The molecule has 0 bridgehead atoms. The zero-order valence-electron chi connectivity index (χ0n) is 29.1. The van der Waals surface area contributed by atoms with Crippen molar-refractivity contribution < 1.29 is 9.53 Å². The highest BCUT2D eigenvalue weighted by molar-refractivity contribution is 5.84. The van der Waals surface area contributed by atoms with E-state index in [2.05, 4.69) is 44.0 Å². The highest BCUT2D eigenvalue weighted by Crippen LogP contribution is 2.42. The summed E-state index contributed by atoms with van der Waals surface area (Å²) >= 11 is 0. The second kappa shape index (κ2) is 15.0. The van der Waals surface area contributed by atoms with Crippen molar-refractivity contribution in [1.29, 1.82) is 0 Å². The molecule has 2 aromatic carbocycles. The molecule has 4 aliphatic rings. The number of likely N-dealkylation sites (tertiary alicyclic amines) is 1. The lowest BCUT2D eigenvalue weighted by Crippen LogP contribution is -2.51. The lowest BCUT2D eigenvalue weighted by atomic mass is 9.93. The molecule has 2 saturated heterocycles. The first kappa shape index (κ1) is 33.9. The lowest BCUT2D eigenvalue weighted by molar-refractivity contribution is -0.143. The number of aromatic nitrogens is 1. The van der Waals surface area contributed by atoms with Gasteiger partial charge in [0, 0.05) is 45.0 Å². The number of hydrogen-bond acceptors (Lipinski definition) is 4. The Hall–Kier alpha value is -4.00. The molecule has 0 radical (unpaired) electrons. The molecule has 3 heterocycles. The predicted octanol–water partition coefficient (Wildman–Crippen LogP) is 7.87. The molecule has 1 unspecified atom stereocenters. The smallest absolute Gasteiger partial charge is 0.258 e. The van der Waals surface area contributed by atoms with Crippen molar-refractivity contribution in [3.8, 4) is 11.1 Å². The van der Waals surface area contributed by atoms with Crippen molar-refractivity contribution in [2.75, 3.05) is 39.4 Å². The molecule has 0 spiro atoms. The van der Waals surface area contributed by atoms with Gasteiger partial charge in [0.05, 0.1) is 13.2 Å². The topological polar surface area (TPSA) is 54.8 Å². The van der Waals surface area contributed by atoms with E-state index in [4.69, 9.17) is 4.74 Å². The van der Waals surface area contributed by atoms with E-state index in [9.17, 15) is 9.59 Å². The molecule has 1 aromatic heterocycles. The summed E-state index contributed by atoms with van der Waals surface area (Å²) in [5, 5.41) is 0. The highest BCUT2D eigenvalue weighted by Gasteiger charge is 2.35. The van der Waals surface area contributed by atoms with Gasteiger partial charge in [0.25, 0.3) is 5.56 Å². The normalized spacial score (nSPS) is 18.8. The number of aryl methyl sites for hydroxylation is 2. The summed E-state index contributed by atoms with van der Waals surface area (Å²) < 4.78 is 7.06. The van der Waals surface area contributed by atoms with Gasteiger partial charge in [-0.1, -0.05) is 78.4 Å². The van der Waals surface area contributed by atoms with Crippen LogP contribution in [0.1, 0.15) is 80.2 Å². The van der Waals surface area contributed by atoms with Gasteiger partial charge >= 0.3 is 0 Å². The van der Waals surface area contributed by atoms with Gasteiger partial charge in [0.15, 0.2) is 0 Å². The number of amides is 1. The van der Waals surface area contributed by atoms with E-state index in [1.54, 1.807) is 22.8 Å². The fourth-order valence-electron chi connectivity index (χ4n) is 7.60. The largest absolute Gasteiger partial charge is 0.378 e. The molecule has 7 rings (SSSR count). The SMILES string of the molecule is C=C(C)C1CC2=C(CCCC2)C1.C=C(c1ccc(C(C(=O)N2CCOCC2)N2CCC2)cc1)c1cc(-c2ccccc2C)cn(C)c1=O. The number of allylic oxidation sites excluding steroid dienone is 3. The molecule has 0 saturated carbocycles. The lowest BCUT2D eigenvalue weighted by Gasteiger charge is -2.40. The van der Waals surface area contributed by atoms with Gasteiger partial charge in [-0.2, -0.15) is 0 Å². The number of ether oxygens (including phenoxy) is 1. The summed E-state index contributed by atoms with van der Waals surface area (Å²) in [6.45, 7) is 16.9. The van der Waals surface area contributed by atoms with Gasteiger partial charge < -0.3 is 14.2 Å². The van der Waals surface area contributed by atoms with Crippen LogP contribution in [0.5, 0.6) is 0 Å². The summed E-state index contributed by atoms with van der Waals surface area (Å²) in [5.74, 6) is 0.942. The first-order valence-electron chi connectivity index (χ1n) is 17.7. The van der Waals surface area contributed by atoms with Crippen molar-refractivity contribution in [2.45, 2.75) is 64.8 Å². The van der Waals surface area contributed by atoms with E-state index in [-0.39, 0.29) is 17.5 Å². The van der Waals surface area contributed by atoms with Gasteiger partial charge in [-0.15, -0.1) is 0 Å². The number of carbonyl (C=O) groups excluding carboxylic acids is 1. The Morgan fingerprint density at radius 1 is 0.896 bits per heavy atom. The molecule has 252 valence electrons. The van der Waals surface area contributed by atoms with Crippen LogP contribution in [0.2, 0.25) is 0 Å². The van der Waals surface area contributed by atoms with Crippen LogP contribution < -0.4 is 5.56 Å². The maximum atomic E-state index is 13.4. The Kier molecular flexibility index (Phi) is 10.6. The quantitative estimate of drug-likeness (QED) is 0.246. The second-order valence-electron chi connectivity index (χ2n) is 14.1. The summed E-state index contributed by atoms with van der Waals surface area (Å²) in [7, 11) is 1.78. The Bertz CT molecular complexity index is 1740. The van der Waals surface area contributed by atoms with Gasteiger partial charge in [-0.05, 0) is 104 Å². The van der Waals surface area contributed by atoms with Crippen LogP contribution in [0.3, 0.4) is 0 Å². The first-order chi connectivity index (χ1) is 23.2. The molecule has 0 N–H and O–H groups in total. The van der Waals surface area contributed by atoms with E-state index >= 15 is 0 Å². The van der Waals surface area contributed by atoms with Gasteiger partial charge in [-0.3, -0.25) is 14.5 Å². The summed E-state index contributed by atoms with van der Waals surface area (Å²) in [6, 6.07) is 17.8. The zero-order valence-corrected chi connectivity index (χ0v) is 29.1. The number of carbonyl (C=O) groups is 1. The fourth-order valence-corrected chi connectivity index (χ4v) is 7.60. The highest BCUT2D eigenvalue weighted by atomic mass is 16.5. The van der Waals surface area contributed by atoms with Crippen LogP contribution in [-0.2, 0) is 16.6 Å². The average Bonchev–Trinajstić information content (AvgIpc) is 3.53. The van der Waals surface area contributed by atoms with Gasteiger partial charge in [-0.25, -0.2) is 0 Å². The molecular weight excluding hydrogens is 594 g/mol. The number of hydrogen-bond donors (Lipinski definition) is 0. The molecule has 48 heavy (non-hydrogen) atoms. The molecule has 1 atom stereocenters. The van der Waals surface area contributed by atoms with E-state index in [1.807, 2.05) is 53.6 Å². The summed E-state index contributed by atoms with van der Waals surface area (Å²) in [6.07, 6.45) is 11.3. The minimum absolute atomic E-state index is 0.0811. The van der Waals surface area contributed by atoms with E-state index in [0.29, 0.717) is 37.4 Å². The van der Waals surface area contributed by atoms with Crippen LogP contribution in [0.15, 0.2) is 95.5 Å². The molecule has 1 amide bonds. The second-order valence-corrected chi connectivity index (χ2v) is 14.1. The van der Waals surface area contributed by atoms with Crippen LogP contribution in [0.4, 0.5) is 0 Å². The fraction of sp³-hybridized carbons (Fsp3) is 0.429. The van der Waals surface area contributed by atoms with Crippen molar-refractivity contribution >= 4 is 11.5 Å². The minimum Gasteiger partial charge on any atom is -0.378 e. The van der Waals surface area contributed by atoms with Crippen LogP contribution in [-0.4, -0.2) is 59.7 Å². The zero-order chi connectivity index (χ0) is 33.8. The average molecular weight is 646 g/mol. The number of nitrogens with zero attached hydrogens (tertiary/aromatic N) is 3. The van der Waals surface area contributed by atoms with Crippen molar-refractivity contribution in [1.82, 2.24) is 14.4 Å². The standard InChI is InChI=1S/C30H33N3O3.C12H18/c1-21-7-4-5-8-26(21)25-19-27(29(34)31(3)20-25)22(2)23-9-11-24(12-10-23)28(32-13-6-14-32)30(35)33-15-17-36-18-16-33;1-9(2)12-7-10-5-3-4-6-11(10)8-12/h4-5,7-12,19-20,28H,2,6,13-18H2,1,3H3;12H,1,3-8H2,2H3. The Morgan fingerprint density at radius 3 is 2.12 bits per heavy atom. The number of rotatable bonds is 7. The van der Waals surface area contributed by atoms with Crippen LogP contribution in [0, 0.1) is 12.8 Å². The molecule has 6 heteroatoms. The van der Waals surface area contributed by atoms with Crippen molar-refractivity contribution in [3.63, 3.8) is 0 Å². The van der Waals surface area contributed by atoms with E-state index in [0.717, 1.165) is 53.2 Å². The molecular formula is C42H51N3O3. The number of pyridine rings is 1. The molecule has 2 aliphatic carbocycles. The third-order valence-electron chi connectivity index (χ3n) is 10.7. The third kappa shape index (κ3) is 7.35. The molecule has 3 aromatic rings. The Balaban J connectivity index is 0.000000280. The number of morpholine rings is 1. The van der Waals surface area contributed by atoms with E-state index in [1.165, 1.54) is 44.1 Å². The summed E-state index contributed by atoms with van der Waals surface area (Å²) in [4.78, 5) is 30.6. The molecule has 2 fully saturated rings. The Labute approximate surface area is 286 Å². The third-order valence-corrected chi connectivity index (χ3v) is 10.7. The van der Waals surface area contributed by atoms with Gasteiger partial charge in [0.1, 0.15) is 6.04 Å². The Morgan fingerprint density at radius 2 is 1.54 bits per heavy atom. The minimum atomic E-state index is -0.281. The number of benzene rings is 2. The predicted molar refractivity (Wildman–Crippen MR) is 196 cm³/mol. The monoisotopic (exact) mass is 645 g/mol. The van der Waals surface area contributed by atoms with Crippen molar-refractivity contribution in [2.24, 2.45) is 13.0 Å². The summed E-state index contributed by atoms with van der Waals surface area (Å²) in [5.41, 5.74) is 11.2. The van der Waals surface area contributed by atoms with Gasteiger partial charge in [0.2, 0.25) is 5.91 Å². The van der Waals surface area contributed by atoms with E-state index < -0.39 is 0 Å². The molecule has 2 aliphatic heterocycles. The van der Waals surface area contributed by atoms with Crippen LogP contribution >= 0.6 is 0 Å². The first-order valence-corrected chi connectivity index (χ1v) is 17.7.